The Hall–Kier alpha value is -3.62. The van der Waals surface area contributed by atoms with Crippen LogP contribution in [0.1, 0.15) is 67.5 Å². The Morgan fingerprint density at radius 1 is 1.11 bits per heavy atom. The summed E-state index contributed by atoms with van der Waals surface area (Å²) in [6, 6.07) is 8.50. The molecule has 0 aliphatic carbocycles. The minimum atomic E-state index is -0.589. The fourth-order valence-electron chi connectivity index (χ4n) is 4.81. The average molecular weight is 477 g/mol. The van der Waals surface area contributed by atoms with Gasteiger partial charge in [-0.2, -0.15) is 0 Å². The average Bonchev–Trinajstić information content (AvgIpc) is 3.40. The first kappa shape index (κ1) is 23.1. The second kappa shape index (κ2) is 8.55. The summed E-state index contributed by atoms with van der Waals surface area (Å²) in [5.41, 5.74) is 1.63. The summed E-state index contributed by atoms with van der Waals surface area (Å²) in [6.07, 6.45) is 2.44. The number of fused-ring (bicyclic) bond motifs is 2. The Kier molecular flexibility index (Phi) is 5.65. The van der Waals surface area contributed by atoms with Crippen LogP contribution in [0.5, 0.6) is 0 Å². The van der Waals surface area contributed by atoms with Gasteiger partial charge in [0, 0.05) is 31.0 Å². The number of benzene rings is 1. The minimum Gasteiger partial charge on any atom is -0.338 e. The predicted molar refractivity (Wildman–Crippen MR) is 129 cm³/mol. The van der Waals surface area contributed by atoms with E-state index in [0.29, 0.717) is 36.8 Å². The molecule has 3 aromatic rings. The van der Waals surface area contributed by atoms with E-state index in [-0.39, 0.29) is 17.5 Å². The minimum absolute atomic E-state index is 0.0359. The third kappa shape index (κ3) is 4.31. The zero-order valence-corrected chi connectivity index (χ0v) is 20.4. The Morgan fingerprint density at radius 2 is 1.91 bits per heavy atom. The number of nitrogens with one attached hydrogen (secondary N) is 1. The maximum Gasteiger partial charge on any atom is 0.259 e. The highest BCUT2D eigenvalue weighted by molar-refractivity contribution is 6.04. The number of nitrogens with zero attached hydrogens (tertiary/aromatic N) is 5. The molecule has 0 bridgehead atoms. The zero-order chi connectivity index (χ0) is 24.9. The van der Waals surface area contributed by atoms with Gasteiger partial charge < -0.3 is 14.8 Å². The molecule has 1 atom stereocenters. The molecule has 0 saturated carbocycles. The number of carbonyl (C=O) groups is 2. The van der Waals surface area contributed by atoms with Crippen LogP contribution in [0.2, 0.25) is 0 Å². The van der Waals surface area contributed by atoms with Crippen LogP contribution in [0.25, 0.3) is 11.5 Å². The second-order valence-corrected chi connectivity index (χ2v) is 10.4. The molecule has 0 saturated heterocycles. The molecule has 0 spiro atoms. The van der Waals surface area contributed by atoms with Crippen molar-refractivity contribution in [2.45, 2.75) is 59.5 Å². The van der Waals surface area contributed by atoms with Gasteiger partial charge in [0.25, 0.3) is 5.91 Å². The lowest BCUT2D eigenvalue weighted by Gasteiger charge is -2.33. The number of pyridine rings is 1. The van der Waals surface area contributed by atoms with Crippen LogP contribution in [-0.4, -0.2) is 43.0 Å². The summed E-state index contributed by atoms with van der Waals surface area (Å²) in [5, 5.41) is 11.3. The van der Waals surface area contributed by atoms with E-state index < -0.39 is 17.1 Å². The number of hydrogen-bond donors (Lipinski definition) is 1. The van der Waals surface area contributed by atoms with Crippen molar-refractivity contribution < 1.29 is 14.0 Å². The van der Waals surface area contributed by atoms with Gasteiger partial charge >= 0.3 is 0 Å². The normalized spacial score (nSPS) is 17.2. The van der Waals surface area contributed by atoms with Crippen LogP contribution in [0.15, 0.2) is 30.3 Å². The van der Waals surface area contributed by atoms with E-state index >= 15 is 0 Å². The fraction of sp³-hybridized carbons (Fsp3) is 0.423. The first-order valence-corrected chi connectivity index (χ1v) is 11.9. The lowest BCUT2D eigenvalue weighted by molar-refractivity contribution is -0.140. The van der Waals surface area contributed by atoms with Gasteiger partial charge in [0.05, 0.1) is 5.56 Å². The summed E-state index contributed by atoms with van der Waals surface area (Å²) in [6.45, 7) is 8.65. The number of aromatic nitrogens is 4. The van der Waals surface area contributed by atoms with E-state index in [9.17, 15) is 14.0 Å². The highest BCUT2D eigenvalue weighted by atomic mass is 19.1. The number of carbonyl (C=O) groups excluding carboxylic acids is 2. The Labute approximate surface area is 203 Å². The zero-order valence-electron chi connectivity index (χ0n) is 20.4. The monoisotopic (exact) mass is 476 g/mol. The van der Waals surface area contributed by atoms with E-state index in [2.05, 4.69) is 32.0 Å². The van der Waals surface area contributed by atoms with Crippen LogP contribution in [0.4, 0.5) is 10.2 Å². The van der Waals surface area contributed by atoms with Gasteiger partial charge in [-0.25, -0.2) is 9.37 Å². The van der Waals surface area contributed by atoms with Crippen molar-refractivity contribution in [3.8, 4) is 11.5 Å². The molecule has 0 fully saturated rings. The molecule has 8 nitrogen and oxygen atoms in total. The molecule has 1 N–H and O–H groups in total. The molecule has 4 heterocycles. The summed E-state index contributed by atoms with van der Waals surface area (Å²) >= 11 is 0. The van der Waals surface area contributed by atoms with E-state index in [4.69, 9.17) is 0 Å². The first-order valence-electron chi connectivity index (χ1n) is 11.9. The van der Waals surface area contributed by atoms with Crippen LogP contribution >= 0.6 is 0 Å². The van der Waals surface area contributed by atoms with Gasteiger partial charge in [0.2, 0.25) is 5.91 Å². The molecule has 182 valence electrons. The summed E-state index contributed by atoms with van der Waals surface area (Å²) < 4.78 is 17.0. The third-order valence-electron chi connectivity index (χ3n) is 6.69. The van der Waals surface area contributed by atoms with E-state index in [1.807, 2.05) is 26.8 Å². The molecule has 2 aromatic heterocycles. The van der Waals surface area contributed by atoms with Crippen molar-refractivity contribution in [2.24, 2.45) is 5.41 Å². The van der Waals surface area contributed by atoms with Crippen molar-refractivity contribution >= 4 is 17.6 Å². The van der Waals surface area contributed by atoms with Gasteiger partial charge in [-0.05, 0) is 55.2 Å². The lowest BCUT2D eigenvalue weighted by atomic mass is 9.91. The summed E-state index contributed by atoms with van der Waals surface area (Å²) in [5.74, 6) is 0.751. The molecule has 5 rings (SSSR count). The van der Waals surface area contributed by atoms with Gasteiger partial charge in [0.1, 0.15) is 23.2 Å². The van der Waals surface area contributed by atoms with Crippen molar-refractivity contribution in [3.63, 3.8) is 0 Å². The number of anilines is 1. The van der Waals surface area contributed by atoms with Crippen molar-refractivity contribution in [3.05, 3.63) is 58.7 Å². The maximum absolute atomic E-state index is 14.9. The Morgan fingerprint density at radius 3 is 2.69 bits per heavy atom. The number of amides is 2. The molecular formula is C26H29FN6O2. The molecule has 0 radical (unpaired) electrons. The van der Waals surface area contributed by atoms with Gasteiger partial charge in [-0.1, -0.05) is 26.8 Å². The molecule has 1 aromatic carbocycles. The largest absolute Gasteiger partial charge is 0.338 e. The van der Waals surface area contributed by atoms with Gasteiger partial charge in [-0.3, -0.25) is 9.59 Å². The number of rotatable bonds is 3. The predicted octanol–water partition coefficient (Wildman–Crippen LogP) is 4.17. The Bertz CT molecular complexity index is 1330. The van der Waals surface area contributed by atoms with E-state index in [0.717, 1.165) is 29.8 Å². The SMILES string of the molecule is C[C@H]1CCc2nnc(-c3cccc(NC(=O)c4cc5c(cc4F)CCN(C(=O)C(C)(C)C)C5)n3)n21. The van der Waals surface area contributed by atoms with Crippen LogP contribution < -0.4 is 5.32 Å². The smallest absolute Gasteiger partial charge is 0.259 e. The molecule has 2 aliphatic heterocycles. The molecule has 0 unspecified atom stereocenters. The van der Waals surface area contributed by atoms with Crippen LogP contribution in [0, 0.1) is 11.2 Å². The summed E-state index contributed by atoms with van der Waals surface area (Å²) in [7, 11) is 0. The second-order valence-electron chi connectivity index (χ2n) is 10.4. The Balaban J connectivity index is 1.38. The first-order chi connectivity index (χ1) is 16.6. The third-order valence-corrected chi connectivity index (χ3v) is 6.69. The van der Waals surface area contributed by atoms with E-state index in [1.54, 1.807) is 23.1 Å². The molecule has 9 heteroatoms. The molecular weight excluding hydrogens is 447 g/mol. The van der Waals surface area contributed by atoms with Crippen LogP contribution in [-0.2, 0) is 24.2 Å². The van der Waals surface area contributed by atoms with E-state index in [1.165, 1.54) is 6.07 Å². The maximum atomic E-state index is 14.9. The highest BCUT2D eigenvalue weighted by Crippen LogP contribution is 2.30. The number of hydrogen-bond acceptors (Lipinski definition) is 5. The number of halogens is 1. The number of aryl methyl sites for hydroxylation is 1. The topological polar surface area (TPSA) is 93.0 Å². The molecule has 2 aliphatic rings. The highest BCUT2D eigenvalue weighted by Gasteiger charge is 2.31. The fourth-order valence-corrected chi connectivity index (χ4v) is 4.81. The lowest BCUT2D eigenvalue weighted by Crippen LogP contribution is -2.42. The standard InChI is InChI=1S/C26H29FN6O2/c1-15-8-9-22-30-31-23(33(15)22)20-6-5-7-21(28-20)29-24(34)18-12-17-14-32(25(35)26(2,3)4)11-10-16(17)13-19(18)27/h5-7,12-13,15H,8-11,14H2,1-4H3,(H,28,29,34)/t15-/m0/s1. The van der Waals surface area contributed by atoms with Crippen molar-refractivity contribution in [1.82, 2.24) is 24.6 Å². The van der Waals surface area contributed by atoms with Gasteiger partial charge in [0.15, 0.2) is 5.82 Å². The van der Waals surface area contributed by atoms with Gasteiger partial charge in [-0.15, -0.1) is 10.2 Å². The molecule has 2 amide bonds. The van der Waals surface area contributed by atoms with Crippen molar-refractivity contribution in [2.75, 3.05) is 11.9 Å². The quantitative estimate of drug-likeness (QED) is 0.613. The summed E-state index contributed by atoms with van der Waals surface area (Å²) in [4.78, 5) is 32.1. The van der Waals surface area contributed by atoms with Crippen molar-refractivity contribution in [1.29, 1.82) is 0 Å². The molecule has 35 heavy (non-hydrogen) atoms. The van der Waals surface area contributed by atoms with Crippen LogP contribution in [0.3, 0.4) is 0 Å².